The Morgan fingerprint density at radius 1 is 0.850 bits per heavy atom. The second-order valence-electron chi connectivity index (χ2n) is 11.4. The van der Waals surface area contributed by atoms with E-state index in [1.165, 1.54) is 16.7 Å². The summed E-state index contributed by atoms with van der Waals surface area (Å²) < 4.78 is 0. The lowest BCUT2D eigenvalue weighted by atomic mass is 9.94. The summed E-state index contributed by atoms with van der Waals surface area (Å²) >= 11 is 0. The summed E-state index contributed by atoms with van der Waals surface area (Å²) in [6.45, 7) is 7.71. The fraction of sp³-hybridized carbons (Fsp3) is 0.364. The van der Waals surface area contributed by atoms with Crippen LogP contribution in [0.5, 0.6) is 0 Å². The lowest BCUT2D eigenvalue weighted by molar-refractivity contribution is -0.136. The van der Waals surface area contributed by atoms with Crippen LogP contribution in [0.25, 0.3) is 0 Å². The number of carbonyl (C=O) groups is 3. The molecular formula is C33H36N4O3. The topological polar surface area (TPSA) is 73.0 Å². The molecule has 3 aliphatic heterocycles. The number of nitrogens with zero attached hydrogens (tertiary/aromatic N) is 3. The molecule has 2 saturated heterocycles. The molecule has 0 saturated carbocycles. The van der Waals surface area contributed by atoms with Crippen LogP contribution in [0.3, 0.4) is 0 Å². The molecule has 3 aromatic rings. The minimum Gasteiger partial charge on any atom is -0.322 e. The number of carbonyl (C=O) groups excluding carboxylic acids is 3. The van der Waals surface area contributed by atoms with Crippen molar-refractivity contribution in [3.63, 3.8) is 0 Å². The summed E-state index contributed by atoms with van der Waals surface area (Å²) in [5, 5.41) is 2.38. The molecule has 2 fully saturated rings. The highest BCUT2D eigenvalue weighted by atomic mass is 16.2. The normalized spacial score (nSPS) is 23.9. The van der Waals surface area contributed by atoms with Crippen LogP contribution >= 0.6 is 0 Å². The van der Waals surface area contributed by atoms with Crippen LogP contribution in [0.15, 0.2) is 78.9 Å². The van der Waals surface area contributed by atoms with Gasteiger partial charge in [-0.1, -0.05) is 72.8 Å². The van der Waals surface area contributed by atoms with Crippen molar-refractivity contribution in [3.05, 3.63) is 107 Å². The Hall–Kier alpha value is -3.81. The van der Waals surface area contributed by atoms with Crippen molar-refractivity contribution < 1.29 is 14.4 Å². The lowest BCUT2D eigenvalue weighted by Crippen LogP contribution is -2.56. The Bertz CT molecular complexity index is 1360. The molecule has 40 heavy (non-hydrogen) atoms. The molecule has 3 unspecified atom stereocenters. The molecular weight excluding hydrogens is 500 g/mol. The maximum Gasteiger partial charge on any atom is 0.255 e. The van der Waals surface area contributed by atoms with Crippen LogP contribution < -0.4 is 5.32 Å². The van der Waals surface area contributed by atoms with Gasteiger partial charge in [-0.15, -0.1) is 0 Å². The van der Waals surface area contributed by atoms with E-state index in [9.17, 15) is 14.4 Å². The van der Waals surface area contributed by atoms with Crippen molar-refractivity contribution in [1.29, 1.82) is 0 Å². The minimum atomic E-state index is -0.587. The van der Waals surface area contributed by atoms with Crippen molar-refractivity contribution in [1.82, 2.24) is 20.0 Å². The van der Waals surface area contributed by atoms with E-state index in [-0.39, 0.29) is 30.2 Å². The van der Waals surface area contributed by atoms with Crippen LogP contribution in [0.4, 0.5) is 0 Å². The second-order valence-corrected chi connectivity index (χ2v) is 11.4. The Morgan fingerprint density at radius 3 is 2.08 bits per heavy atom. The molecule has 7 nitrogen and oxygen atoms in total. The molecule has 1 N–H and O–H groups in total. The molecule has 3 amide bonds. The average molecular weight is 537 g/mol. The highest BCUT2D eigenvalue weighted by Crippen LogP contribution is 2.33. The van der Waals surface area contributed by atoms with Crippen LogP contribution in [0, 0.1) is 0 Å². The van der Waals surface area contributed by atoms with E-state index < -0.39 is 6.04 Å². The summed E-state index contributed by atoms with van der Waals surface area (Å²) in [4.78, 5) is 43.9. The number of piperidine rings is 1. The molecule has 7 heteroatoms. The first kappa shape index (κ1) is 26.4. The molecule has 206 valence electrons. The van der Waals surface area contributed by atoms with Gasteiger partial charge in [0, 0.05) is 50.2 Å². The van der Waals surface area contributed by atoms with Gasteiger partial charge in [-0.25, -0.2) is 0 Å². The summed E-state index contributed by atoms with van der Waals surface area (Å²) in [5.41, 5.74) is 5.41. The van der Waals surface area contributed by atoms with E-state index >= 15 is 0 Å². The van der Waals surface area contributed by atoms with Crippen LogP contribution in [-0.2, 0) is 22.7 Å². The van der Waals surface area contributed by atoms with Crippen LogP contribution in [-0.4, -0.2) is 63.6 Å². The molecule has 6 rings (SSSR count). The molecule has 3 aliphatic rings. The second kappa shape index (κ2) is 11.0. The molecule has 0 radical (unpaired) electrons. The third-order valence-corrected chi connectivity index (χ3v) is 8.68. The Labute approximate surface area is 235 Å². The number of rotatable bonds is 6. The molecule has 3 atom stereocenters. The SMILES string of the molecule is CC1CN(C(c2ccccc2)c2ccccc2)CC(C)N1Cc1ccc2c(c1)CN(C1CCC(=O)NC1=O)C2=O. The summed E-state index contributed by atoms with van der Waals surface area (Å²) in [7, 11) is 0. The standard InChI is InChI=1S/C33H36N4O3/c1-22-18-35(31(25-9-5-3-6-10-25)26-11-7-4-8-12-26)19-23(2)36(22)20-24-13-14-28-27(17-24)21-37(33(28)40)29-15-16-30(38)34-32(29)39/h3-14,17,22-23,29,31H,15-16,18-21H2,1-2H3,(H,34,38,39). The summed E-state index contributed by atoms with van der Waals surface area (Å²) in [6, 6.07) is 27.9. The lowest BCUT2D eigenvalue weighted by Gasteiger charge is -2.47. The quantitative estimate of drug-likeness (QED) is 0.480. The molecule has 3 aromatic carbocycles. The number of hydrogen-bond acceptors (Lipinski definition) is 5. The number of nitrogens with one attached hydrogen (secondary N) is 1. The van der Waals surface area contributed by atoms with Gasteiger partial charge < -0.3 is 4.90 Å². The number of amides is 3. The van der Waals surface area contributed by atoms with E-state index in [1.807, 2.05) is 12.1 Å². The van der Waals surface area contributed by atoms with E-state index in [2.05, 4.69) is 95.7 Å². The number of benzene rings is 3. The first-order valence-corrected chi connectivity index (χ1v) is 14.2. The van der Waals surface area contributed by atoms with Gasteiger partial charge in [0.25, 0.3) is 5.91 Å². The predicted molar refractivity (Wildman–Crippen MR) is 153 cm³/mol. The van der Waals surface area contributed by atoms with Crippen molar-refractivity contribution in [3.8, 4) is 0 Å². The van der Waals surface area contributed by atoms with Gasteiger partial charge in [-0.05, 0) is 48.6 Å². The highest BCUT2D eigenvalue weighted by Gasteiger charge is 2.39. The molecule has 0 bridgehead atoms. The predicted octanol–water partition coefficient (Wildman–Crippen LogP) is 4.13. The van der Waals surface area contributed by atoms with Gasteiger partial charge in [0.05, 0.1) is 6.04 Å². The number of piperazine rings is 1. The summed E-state index contributed by atoms with van der Waals surface area (Å²) in [5.74, 6) is -0.767. The molecule has 0 aromatic heterocycles. The fourth-order valence-electron chi connectivity index (χ4n) is 6.74. The Balaban J connectivity index is 1.17. The summed E-state index contributed by atoms with van der Waals surface area (Å²) in [6.07, 6.45) is 0.641. The van der Waals surface area contributed by atoms with E-state index in [0.717, 1.165) is 25.2 Å². The number of hydrogen-bond donors (Lipinski definition) is 1. The highest BCUT2D eigenvalue weighted by molar-refractivity contribution is 6.05. The molecule has 0 aliphatic carbocycles. The number of imide groups is 1. The maximum absolute atomic E-state index is 13.1. The third-order valence-electron chi connectivity index (χ3n) is 8.68. The first-order valence-electron chi connectivity index (χ1n) is 14.2. The largest absolute Gasteiger partial charge is 0.322 e. The van der Waals surface area contributed by atoms with Crippen molar-refractivity contribution >= 4 is 17.7 Å². The third kappa shape index (κ3) is 5.07. The molecule has 0 spiro atoms. The van der Waals surface area contributed by atoms with Crippen molar-refractivity contribution in [2.75, 3.05) is 13.1 Å². The van der Waals surface area contributed by atoms with Crippen molar-refractivity contribution in [2.24, 2.45) is 0 Å². The zero-order chi connectivity index (χ0) is 27.8. The van der Waals surface area contributed by atoms with E-state index in [1.54, 1.807) is 4.90 Å². The van der Waals surface area contributed by atoms with Crippen LogP contribution in [0.2, 0.25) is 0 Å². The zero-order valence-electron chi connectivity index (χ0n) is 23.1. The van der Waals surface area contributed by atoms with Crippen LogP contribution in [0.1, 0.15) is 65.3 Å². The molecule has 3 heterocycles. The zero-order valence-corrected chi connectivity index (χ0v) is 23.1. The fourth-order valence-corrected chi connectivity index (χ4v) is 6.74. The van der Waals surface area contributed by atoms with Gasteiger partial charge >= 0.3 is 0 Å². The van der Waals surface area contributed by atoms with E-state index in [0.29, 0.717) is 30.6 Å². The Morgan fingerprint density at radius 2 is 1.48 bits per heavy atom. The van der Waals surface area contributed by atoms with Gasteiger partial charge in [-0.3, -0.25) is 29.5 Å². The van der Waals surface area contributed by atoms with Gasteiger partial charge in [0.15, 0.2) is 0 Å². The minimum absolute atomic E-state index is 0.126. The van der Waals surface area contributed by atoms with Gasteiger partial charge in [0.1, 0.15) is 6.04 Å². The van der Waals surface area contributed by atoms with E-state index in [4.69, 9.17) is 0 Å². The van der Waals surface area contributed by atoms with Gasteiger partial charge in [0.2, 0.25) is 11.8 Å². The number of fused-ring (bicyclic) bond motifs is 1. The first-order chi connectivity index (χ1) is 19.4. The van der Waals surface area contributed by atoms with Crippen molar-refractivity contribution in [2.45, 2.75) is 63.9 Å². The van der Waals surface area contributed by atoms with Gasteiger partial charge in [-0.2, -0.15) is 0 Å². The maximum atomic E-state index is 13.1. The smallest absolute Gasteiger partial charge is 0.255 e. The monoisotopic (exact) mass is 536 g/mol. The average Bonchev–Trinajstić information content (AvgIpc) is 3.27. The Kier molecular flexibility index (Phi) is 7.26.